The molecular weight excluding hydrogens is 436 g/mol. The fourth-order valence-electron chi connectivity index (χ4n) is 3.15. The number of amides is 1. The van der Waals surface area contributed by atoms with E-state index in [2.05, 4.69) is 43.4 Å². The number of nitrogens with one attached hydrogen (secondary N) is 1. The molecule has 0 saturated heterocycles. The van der Waals surface area contributed by atoms with Crippen LogP contribution < -0.4 is 14.9 Å². The number of carbonyl (C=O) groups excluding carboxylic acids is 1. The van der Waals surface area contributed by atoms with Gasteiger partial charge < -0.3 is 9.47 Å². The number of hydrazone groups is 1. The van der Waals surface area contributed by atoms with Gasteiger partial charge in [-0.3, -0.25) is 4.79 Å². The molecule has 0 aliphatic carbocycles. The van der Waals surface area contributed by atoms with Gasteiger partial charge in [0.2, 0.25) is 5.91 Å². The van der Waals surface area contributed by atoms with Crippen LogP contribution in [-0.4, -0.2) is 19.2 Å². The van der Waals surface area contributed by atoms with E-state index in [0.29, 0.717) is 23.1 Å². The average molecular weight is 465 g/mol. The van der Waals surface area contributed by atoms with E-state index in [1.54, 1.807) is 19.4 Å². The highest BCUT2D eigenvalue weighted by Crippen LogP contribution is 2.28. The summed E-state index contributed by atoms with van der Waals surface area (Å²) in [5, 5.41) is 4.75. The zero-order valence-corrected chi connectivity index (χ0v) is 20.1. The van der Waals surface area contributed by atoms with E-state index < -0.39 is 0 Å². The SMILES string of the molecule is COc1cc(/C=N\NC(=O)Cc2ccc(C(C)(C)C)cc2)ccc1OCc1ccc(Cl)cc1. The second-order valence-corrected chi connectivity index (χ2v) is 9.18. The summed E-state index contributed by atoms with van der Waals surface area (Å²) >= 11 is 5.92. The van der Waals surface area contributed by atoms with E-state index in [1.807, 2.05) is 48.5 Å². The fourth-order valence-corrected chi connectivity index (χ4v) is 3.28. The molecule has 0 aliphatic heterocycles. The fraction of sp³-hybridized carbons (Fsp3) is 0.259. The molecule has 0 spiro atoms. The highest BCUT2D eigenvalue weighted by Gasteiger charge is 2.13. The molecule has 1 N–H and O–H groups in total. The minimum atomic E-state index is -0.176. The Morgan fingerprint density at radius 2 is 1.64 bits per heavy atom. The molecule has 33 heavy (non-hydrogen) atoms. The Labute approximate surface area is 200 Å². The summed E-state index contributed by atoms with van der Waals surface area (Å²) < 4.78 is 11.3. The highest BCUT2D eigenvalue weighted by atomic mass is 35.5. The number of hydrogen-bond acceptors (Lipinski definition) is 4. The second-order valence-electron chi connectivity index (χ2n) is 8.74. The molecule has 0 atom stereocenters. The summed E-state index contributed by atoms with van der Waals surface area (Å²) in [5.41, 5.74) is 6.62. The van der Waals surface area contributed by atoms with Gasteiger partial charge in [0.05, 0.1) is 19.7 Å². The minimum absolute atomic E-state index is 0.0859. The lowest BCUT2D eigenvalue weighted by Crippen LogP contribution is -2.20. The van der Waals surface area contributed by atoms with Crippen molar-refractivity contribution in [2.24, 2.45) is 5.10 Å². The minimum Gasteiger partial charge on any atom is -0.493 e. The number of benzene rings is 3. The van der Waals surface area contributed by atoms with Gasteiger partial charge in [-0.25, -0.2) is 5.43 Å². The molecule has 3 aromatic carbocycles. The molecular formula is C27H29ClN2O3. The van der Waals surface area contributed by atoms with Crippen LogP contribution in [0.5, 0.6) is 11.5 Å². The van der Waals surface area contributed by atoms with E-state index in [4.69, 9.17) is 21.1 Å². The standard InChI is InChI=1S/C27H29ClN2O3/c1-27(2,3)22-10-5-19(6-11-22)16-26(31)30-29-17-21-9-14-24(25(15-21)32-4)33-18-20-7-12-23(28)13-8-20/h5-15,17H,16,18H2,1-4H3,(H,30,31)/b29-17-. The molecule has 0 aromatic heterocycles. The number of hydrogen-bond donors (Lipinski definition) is 1. The van der Waals surface area contributed by atoms with E-state index in [1.165, 1.54) is 5.56 Å². The topological polar surface area (TPSA) is 59.9 Å². The van der Waals surface area contributed by atoms with Gasteiger partial charge in [0.25, 0.3) is 0 Å². The Morgan fingerprint density at radius 3 is 2.27 bits per heavy atom. The Balaban J connectivity index is 1.54. The van der Waals surface area contributed by atoms with Crippen molar-refractivity contribution in [3.8, 4) is 11.5 Å². The molecule has 0 heterocycles. The van der Waals surface area contributed by atoms with E-state index in [9.17, 15) is 4.79 Å². The number of methoxy groups -OCH3 is 1. The molecule has 0 aliphatic rings. The molecule has 0 radical (unpaired) electrons. The molecule has 0 bridgehead atoms. The zero-order chi connectivity index (χ0) is 23.8. The van der Waals surface area contributed by atoms with Crippen LogP contribution in [0.2, 0.25) is 5.02 Å². The van der Waals surface area contributed by atoms with Crippen molar-refractivity contribution in [2.75, 3.05) is 7.11 Å². The van der Waals surface area contributed by atoms with Crippen molar-refractivity contribution < 1.29 is 14.3 Å². The lowest BCUT2D eigenvalue weighted by atomic mass is 9.86. The van der Waals surface area contributed by atoms with Crippen molar-refractivity contribution in [3.63, 3.8) is 0 Å². The van der Waals surface area contributed by atoms with Crippen LogP contribution >= 0.6 is 11.6 Å². The van der Waals surface area contributed by atoms with Crippen LogP contribution in [0.1, 0.15) is 43.0 Å². The molecule has 0 fully saturated rings. The summed E-state index contributed by atoms with van der Waals surface area (Å²) in [5.74, 6) is 1.02. The van der Waals surface area contributed by atoms with Crippen molar-refractivity contribution in [1.82, 2.24) is 5.43 Å². The second kappa shape index (κ2) is 11.0. The maximum atomic E-state index is 12.2. The van der Waals surface area contributed by atoms with Gasteiger partial charge in [-0.2, -0.15) is 5.10 Å². The Kier molecular flexibility index (Phi) is 8.12. The summed E-state index contributed by atoms with van der Waals surface area (Å²) in [4.78, 5) is 12.2. The van der Waals surface area contributed by atoms with Crippen molar-refractivity contribution in [1.29, 1.82) is 0 Å². The third kappa shape index (κ3) is 7.36. The van der Waals surface area contributed by atoms with Crippen molar-refractivity contribution in [3.05, 3.63) is 94.0 Å². The van der Waals surface area contributed by atoms with E-state index in [-0.39, 0.29) is 17.7 Å². The number of rotatable bonds is 8. The molecule has 3 aromatic rings. The first-order valence-corrected chi connectivity index (χ1v) is 11.1. The molecule has 172 valence electrons. The van der Waals surface area contributed by atoms with Gasteiger partial charge in [-0.1, -0.05) is 68.8 Å². The van der Waals surface area contributed by atoms with Crippen LogP contribution in [0.25, 0.3) is 0 Å². The first-order chi connectivity index (χ1) is 15.7. The average Bonchev–Trinajstić information content (AvgIpc) is 2.79. The maximum Gasteiger partial charge on any atom is 0.244 e. The molecule has 0 saturated carbocycles. The van der Waals surface area contributed by atoms with E-state index in [0.717, 1.165) is 16.7 Å². The molecule has 0 unspecified atom stereocenters. The Hall–Kier alpha value is -3.31. The summed E-state index contributed by atoms with van der Waals surface area (Å²) in [6.07, 6.45) is 1.84. The summed E-state index contributed by atoms with van der Waals surface area (Å²) in [6.45, 7) is 6.89. The number of ether oxygens (including phenoxy) is 2. The third-order valence-electron chi connectivity index (χ3n) is 5.08. The monoisotopic (exact) mass is 464 g/mol. The van der Waals surface area contributed by atoms with Crippen LogP contribution in [0.3, 0.4) is 0 Å². The van der Waals surface area contributed by atoms with Crippen molar-refractivity contribution in [2.45, 2.75) is 39.2 Å². The zero-order valence-electron chi connectivity index (χ0n) is 19.4. The van der Waals surface area contributed by atoms with Crippen LogP contribution in [0.4, 0.5) is 0 Å². The molecule has 5 nitrogen and oxygen atoms in total. The quantitative estimate of drug-likeness (QED) is 0.332. The van der Waals surface area contributed by atoms with E-state index >= 15 is 0 Å². The largest absolute Gasteiger partial charge is 0.493 e. The number of halogens is 1. The van der Waals surface area contributed by atoms with Gasteiger partial charge in [-0.15, -0.1) is 0 Å². The lowest BCUT2D eigenvalue weighted by molar-refractivity contribution is -0.120. The highest BCUT2D eigenvalue weighted by molar-refractivity contribution is 6.30. The van der Waals surface area contributed by atoms with Gasteiger partial charge in [-0.05, 0) is 58.0 Å². The van der Waals surface area contributed by atoms with Crippen molar-refractivity contribution >= 4 is 23.7 Å². The van der Waals surface area contributed by atoms with Gasteiger partial charge in [0.15, 0.2) is 11.5 Å². The molecule has 6 heteroatoms. The first-order valence-electron chi connectivity index (χ1n) is 10.7. The summed E-state index contributed by atoms with van der Waals surface area (Å²) in [6, 6.07) is 21.0. The normalized spacial score (nSPS) is 11.4. The molecule has 3 rings (SSSR count). The Morgan fingerprint density at radius 1 is 0.970 bits per heavy atom. The van der Waals surface area contributed by atoms with Gasteiger partial charge in [0.1, 0.15) is 6.61 Å². The number of nitrogens with zero attached hydrogens (tertiary/aromatic N) is 1. The maximum absolute atomic E-state index is 12.2. The third-order valence-corrected chi connectivity index (χ3v) is 5.33. The van der Waals surface area contributed by atoms with Gasteiger partial charge >= 0.3 is 0 Å². The van der Waals surface area contributed by atoms with Gasteiger partial charge in [0, 0.05) is 5.02 Å². The predicted octanol–water partition coefficient (Wildman–Crippen LogP) is 5.92. The predicted molar refractivity (Wildman–Crippen MR) is 133 cm³/mol. The smallest absolute Gasteiger partial charge is 0.244 e. The van der Waals surface area contributed by atoms with Crippen LogP contribution in [-0.2, 0) is 23.2 Å². The number of carbonyl (C=O) groups is 1. The lowest BCUT2D eigenvalue weighted by Gasteiger charge is -2.19. The molecule has 1 amide bonds. The van der Waals surface area contributed by atoms with Crippen LogP contribution in [0, 0.1) is 0 Å². The van der Waals surface area contributed by atoms with Crippen LogP contribution in [0.15, 0.2) is 71.8 Å². The first kappa shape index (κ1) is 24.3. The Bertz CT molecular complexity index is 1100. The summed E-state index contributed by atoms with van der Waals surface area (Å²) in [7, 11) is 1.58.